The van der Waals surface area contributed by atoms with Gasteiger partial charge in [-0.1, -0.05) is 0 Å². The highest BCUT2D eigenvalue weighted by Crippen LogP contribution is 2.13. The van der Waals surface area contributed by atoms with Gasteiger partial charge in [0.25, 0.3) is 0 Å². The lowest BCUT2D eigenvalue weighted by molar-refractivity contribution is 0.0526. The van der Waals surface area contributed by atoms with Crippen molar-refractivity contribution >= 4 is 23.4 Å². The van der Waals surface area contributed by atoms with Crippen LogP contribution in [0.5, 0.6) is 5.88 Å². The number of nitrogens with zero attached hydrogens (tertiary/aromatic N) is 1. The number of anilines is 2. The van der Waals surface area contributed by atoms with Gasteiger partial charge in [-0.2, -0.15) is 0 Å². The smallest absolute Gasteiger partial charge is 0.338 e. The Bertz CT molecular complexity index is 679. The fourth-order valence-corrected chi connectivity index (χ4v) is 1.77. The van der Waals surface area contributed by atoms with Crippen molar-refractivity contribution in [3.05, 3.63) is 48.2 Å². The van der Waals surface area contributed by atoms with Crippen LogP contribution in [0.15, 0.2) is 42.6 Å². The molecule has 0 spiro atoms. The molecular formula is C16H21N3O4. The minimum absolute atomic E-state index is 0. The van der Waals surface area contributed by atoms with Crippen molar-refractivity contribution in [3.63, 3.8) is 0 Å². The second-order valence-electron chi connectivity index (χ2n) is 4.47. The molecule has 124 valence electrons. The first-order valence-corrected chi connectivity index (χ1v) is 6.97. The second kappa shape index (κ2) is 7.79. The van der Waals surface area contributed by atoms with Gasteiger partial charge in [-0.25, -0.2) is 14.6 Å². The van der Waals surface area contributed by atoms with Gasteiger partial charge >= 0.3 is 12.0 Å². The Morgan fingerprint density at radius 2 is 1.74 bits per heavy atom. The zero-order chi connectivity index (χ0) is 16.7. The molecule has 0 atom stereocenters. The van der Waals surface area contributed by atoms with Crippen LogP contribution in [0, 0.1) is 0 Å². The van der Waals surface area contributed by atoms with E-state index in [4.69, 9.17) is 9.47 Å². The van der Waals surface area contributed by atoms with Gasteiger partial charge in [0.15, 0.2) is 0 Å². The standard InChI is InChI=1S/C16H17N3O4.2H2/c1-3-23-15(20)11-4-6-12(7-5-11)18-16(21)19-13-8-9-14(22-2)17-10-13;;/h4-10H,3H2,1-2H3,(H2,18,19,21);2*1H. The van der Waals surface area contributed by atoms with Gasteiger partial charge in [0, 0.05) is 14.6 Å². The first-order valence-electron chi connectivity index (χ1n) is 6.97. The number of benzene rings is 1. The van der Waals surface area contributed by atoms with Crippen molar-refractivity contribution in [3.8, 4) is 5.88 Å². The zero-order valence-electron chi connectivity index (χ0n) is 12.8. The summed E-state index contributed by atoms with van der Waals surface area (Å²) < 4.78 is 9.83. The summed E-state index contributed by atoms with van der Waals surface area (Å²) >= 11 is 0. The number of pyridine rings is 1. The van der Waals surface area contributed by atoms with E-state index in [1.807, 2.05) is 0 Å². The molecule has 0 bridgehead atoms. The molecular weight excluding hydrogens is 298 g/mol. The number of aromatic nitrogens is 1. The van der Waals surface area contributed by atoms with Gasteiger partial charge in [-0.15, -0.1) is 0 Å². The van der Waals surface area contributed by atoms with Crippen LogP contribution in [0.25, 0.3) is 0 Å². The number of methoxy groups -OCH3 is 1. The number of nitrogens with one attached hydrogen (secondary N) is 2. The molecule has 0 saturated heterocycles. The summed E-state index contributed by atoms with van der Waals surface area (Å²) in [5.74, 6) is 0.0679. The monoisotopic (exact) mass is 319 g/mol. The Hall–Kier alpha value is -3.09. The van der Waals surface area contributed by atoms with E-state index in [9.17, 15) is 9.59 Å². The Kier molecular flexibility index (Phi) is 5.51. The Morgan fingerprint density at radius 1 is 1.09 bits per heavy atom. The van der Waals surface area contributed by atoms with Crippen LogP contribution in [0.3, 0.4) is 0 Å². The zero-order valence-corrected chi connectivity index (χ0v) is 12.8. The van der Waals surface area contributed by atoms with E-state index in [1.165, 1.54) is 13.3 Å². The highest BCUT2D eigenvalue weighted by atomic mass is 16.5. The Labute approximate surface area is 136 Å². The lowest BCUT2D eigenvalue weighted by atomic mass is 10.2. The van der Waals surface area contributed by atoms with Crippen molar-refractivity contribution in [1.82, 2.24) is 4.98 Å². The average Bonchev–Trinajstić information content (AvgIpc) is 2.56. The molecule has 2 amide bonds. The van der Waals surface area contributed by atoms with Crippen molar-refractivity contribution in [2.24, 2.45) is 0 Å². The lowest BCUT2D eigenvalue weighted by Crippen LogP contribution is -2.19. The summed E-state index contributed by atoms with van der Waals surface area (Å²) in [5, 5.41) is 5.30. The summed E-state index contributed by atoms with van der Waals surface area (Å²) in [6.07, 6.45) is 1.49. The minimum atomic E-state index is -0.416. The fraction of sp³-hybridized carbons (Fsp3) is 0.188. The number of carbonyl (C=O) groups excluding carboxylic acids is 2. The maximum Gasteiger partial charge on any atom is 0.338 e. The molecule has 0 aliphatic heterocycles. The number of amides is 2. The number of rotatable bonds is 5. The topological polar surface area (TPSA) is 89.5 Å². The van der Waals surface area contributed by atoms with Gasteiger partial charge in [0.2, 0.25) is 5.88 Å². The summed E-state index contributed by atoms with van der Waals surface area (Å²) in [5.41, 5.74) is 1.51. The molecule has 0 fully saturated rings. The third kappa shape index (κ3) is 4.70. The molecule has 2 aromatic rings. The molecule has 7 nitrogen and oxygen atoms in total. The van der Waals surface area contributed by atoms with Crippen molar-refractivity contribution < 1.29 is 21.9 Å². The molecule has 1 heterocycles. The molecule has 2 N–H and O–H groups in total. The summed E-state index contributed by atoms with van der Waals surface area (Å²) in [7, 11) is 1.52. The lowest BCUT2D eigenvalue weighted by Gasteiger charge is -2.08. The average molecular weight is 319 g/mol. The van der Waals surface area contributed by atoms with Crippen LogP contribution in [0.4, 0.5) is 16.2 Å². The molecule has 23 heavy (non-hydrogen) atoms. The molecule has 1 aromatic carbocycles. The Balaban J connectivity index is 0.00000288. The predicted molar refractivity (Wildman–Crippen MR) is 90.1 cm³/mol. The number of carbonyl (C=O) groups is 2. The normalized spacial score (nSPS) is 9.83. The number of hydrogen-bond donors (Lipinski definition) is 2. The maximum atomic E-state index is 11.9. The van der Waals surface area contributed by atoms with Crippen LogP contribution in [0.1, 0.15) is 20.1 Å². The molecule has 0 unspecified atom stereocenters. The van der Waals surface area contributed by atoms with Gasteiger partial charge in [0.05, 0.1) is 31.2 Å². The third-order valence-corrected chi connectivity index (χ3v) is 2.86. The number of hydrogen-bond acceptors (Lipinski definition) is 5. The molecule has 7 heteroatoms. The van der Waals surface area contributed by atoms with E-state index < -0.39 is 12.0 Å². The van der Waals surface area contributed by atoms with Crippen LogP contribution in [-0.4, -0.2) is 30.7 Å². The van der Waals surface area contributed by atoms with Crippen molar-refractivity contribution in [2.45, 2.75) is 6.92 Å². The first kappa shape index (κ1) is 16.3. The fourth-order valence-electron chi connectivity index (χ4n) is 1.77. The first-order chi connectivity index (χ1) is 11.1. The SMILES string of the molecule is CCOC(=O)c1ccc(NC(=O)Nc2ccc(OC)nc2)cc1.[HH].[HH]. The van der Waals surface area contributed by atoms with E-state index in [2.05, 4.69) is 15.6 Å². The van der Waals surface area contributed by atoms with Crippen LogP contribution in [0.2, 0.25) is 0 Å². The van der Waals surface area contributed by atoms with E-state index in [-0.39, 0.29) is 2.85 Å². The predicted octanol–water partition coefficient (Wildman–Crippen LogP) is 3.40. The van der Waals surface area contributed by atoms with E-state index in [0.717, 1.165) is 0 Å². The van der Waals surface area contributed by atoms with Gasteiger partial charge < -0.3 is 20.1 Å². The third-order valence-electron chi connectivity index (χ3n) is 2.86. The largest absolute Gasteiger partial charge is 0.481 e. The van der Waals surface area contributed by atoms with Crippen molar-refractivity contribution in [2.75, 3.05) is 24.4 Å². The number of ether oxygens (including phenoxy) is 2. The molecule has 0 radical (unpaired) electrons. The quantitative estimate of drug-likeness (QED) is 0.824. The molecule has 0 saturated carbocycles. The summed E-state index contributed by atoms with van der Waals surface area (Å²) in [6.45, 7) is 2.06. The minimum Gasteiger partial charge on any atom is -0.481 e. The summed E-state index contributed by atoms with van der Waals surface area (Å²) in [4.78, 5) is 27.4. The molecule has 1 aromatic heterocycles. The van der Waals surface area contributed by atoms with Gasteiger partial charge in [-0.05, 0) is 37.3 Å². The van der Waals surface area contributed by atoms with Crippen molar-refractivity contribution in [1.29, 1.82) is 0 Å². The number of esters is 1. The molecule has 2 rings (SSSR count). The van der Waals surface area contributed by atoms with Crippen LogP contribution < -0.4 is 15.4 Å². The summed E-state index contributed by atoms with van der Waals surface area (Å²) in [6, 6.07) is 9.32. The van der Waals surface area contributed by atoms with Crippen LogP contribution in [-0.2, 0) is 4.74 Å². The Morgan fingerprint density at radius 3 is 2.30 bits per heavy atom. The second-order valence-corrected chi connectivity index (χ2v) is 4.47. The van der Waals surface area contributed by atoms with E-state index in [1.54, 1.807) is 43.3 Å². The van der Waals surface area contributed by atoms with E-state index >= 15 is 0 Å². The highest BCUT2D eigenvalue weighted by Gasteiger charge is 2.07. The molecule has 0 aliphatic rings. The highest BCUT2D eigenvalue weighted by molar-refractivity contribution is 6.00. The van der Waals surface area contributed by atoms with E-state index in [0.29, 0.717) is 29.4 Å². The van der Waals surface area contributed by atoms with Crippen LogP contribution >= 0.6 is 0 Å². The molecule has 0 aliphatic carbocycles. The van der Waals surface area contributed by atoms with Gasteiger partial charge in [-0.3, -0.25) is 0 Å². The maximum absolute atomic E-state index is 11.9. The van der Waals surface area contributed by atoms with Gasteiger partial charge in [0.1, 0.15) is 0 Å². The number of urea groups is 1.